The van der Waals surface area contributed by atoms with Crippen LogP contribution in [-0.2, 0) is 26.5 Å². The highest BCUT2D eigenvalue weighted by Crippen LogP contribution is 2.38. The molecular weight excluding hydrogens is 386 g/mol. The van der Waals surface area contributed by atoms with Gasteiger partial charge in [0.15, 0.2) is 0 Å². The number of piperidine rings is 1. The Kier molecular flexibility index (Phi) is 6.27. The van der Waals surface area contributed by atoms with Crippen molar-refractivity contribution in [3.8, 4) is 0 Å². The zero-order valence-corrected chi connectivity index (χ0v) is 17.6. The molecule has 7 nitrogen and oxygen atoms in total. The molecule has 3 rings (SSSR count). The molecule has 1 N–H and O–H groups in total. The second-order valence-electron chi connectivity index (χ2n) is 7.57. The molecule has 1 aromatic rings. The molecule has 9 heteroatoms. The Bertz CT molecular complexity index is 870. The van der Waals surface area contributed by atoms with Crippen molar-refractivity contribution in [2.75, 3.05) is 38.7 Å². The molecule has 152 valence electrons. The predicted octanol–water partition coefficient (Wildman–Crippen LogP) is 0.949. The smallest absolute Gasteiger partial charge is 0.211 e. The largest absolute Gasteiger partial charge is 0.296 e. The summed E-state index contributed by atoms with van der Waals surface area (Å²) < 4.78 is 51.2. The zero-order chi connectivity index (χ0) is 19.7. The monoisotopic (exact) mass is 415 g/mol. The molecule has 1 fully saturated rings. The van der Waals surface area contributed by atoms with Gasteiger partial charge in [0.25, 0.3) is 0 Å². The van der Waals surface area contributed by atoms with E-state index in [2.05, 4.69) is 33.9 Å². The van der Waals surface area contributed by atoms with Crippen LogP contribution in [0.4, 0.5) is 0 Å². The van der Waals surface area contributed by atoms with Gasteiger partial charge in [-0.25, -0.2) is 21.6 Å². The number of sulfonamides is 2. The van der Waals surface area contributed by atoms with E-state index in [9.17, 15) is 16.8 Å². The fraction of sp³-hybridized carbons (Fsp3) is 0.667. The molecular formula is C18H29N3O4S2. The molecule has 0 saturated carbocycles. The lowest BCUT2D eigenvalue weighted by atomic mass is 9.85. The maximum atomic E-state index is 12.4. The number of rotatable bonds is 7. The lowest BCUT2D eigenvalue weighted by molar-refractivity contribution is 0.0906. The van der Waals surface area contributed by atoms with E-state index in [4.69, 9.17) is 0 Å². The van der Waals surface area contributed by atoms with Gasteiger partial charge in [-0.3, -0.25) is 4.90 Å². The summed E-state index contributed by atoms with van der Waals surface area (Å²) in [6.45, 7) is 2.49. The van der Waals surface area contributed by atoms with Crippen LogP contribution in [0.1, 0.15) is 36.4 Å². The van der Waals surface area contributed by atoms with Crippen LogP contribution in [0.15, 0.2) is 24.3 Å². The van der Waals surface area contributed by atoms with Gasteiger partial charge >= 0.3 is 0 Å². The second kappa shape index (κ2) is 8.16. The highest BCUT2D eigenvalue weighted by molar-refractivity contribution is 7.88. The fourth-order valence-electron chi connectivity index (χ4n) is 4.31. The van der Waals surface area contributed by atoms with Crippen molar-refractivity contribution < 1.29 is 16.8 Å². The summed E-state index contributed by atoms with van der Waals surface area (Å²) in [5.74, 6) is 0. The molecule has 27 heavy (non-hydrogen) atoms. The van der Waals surface area contributed by atoms with Gasteiger partial charge in [-0.15, -0.1) is 0 Å². The van der Waals surface area contributed by atoms with Gasteiger partial charge in [0.2, 0.25) is 20.0 Å². The molecule has 2 aliphatic rings. The fourth-order valence-corrected chi connectivity index (χ4v) is 6.02. The third kappa shape index (κ3) is 5.29. The van der Waals surface area contributed by atoms with Crippen LogP contribution in [0.25, 0.3) is 0 Å². The van der Waals surface area contributed by atoms with E-state index in [0.29, 0.717) is 13.0 Å². The van der Waals surface area contributed by atoms with E-state index < -0.39 is 20.0 Å². The average molecular weight is 416 g/mol. The third-order valence-corrected chi connectivity index (χ3v) is 7.58. The van der Waals surface area contributed by atoms with E-state index in [0.717, 1.165) is 38.6 Å². The topological polar surface area (TPSA) is 86.8 Å². The molecule has 1 aromatic carbocycles. The number of fused-ring (bicyclic) bond motifs is 3. The summed E-state index contributed by atoms with van der Waals surface area (Å²) >= 11 is 0. The Morgan fingerprint density at radius 2 is 1.89 bits per heavy atom. The molecule has 1 saturated heterocycles. The van der Waals surface area contributed by atoms with Gasteiger partial charge in [0, 0.05) is 38.3 Å². The Morgan fingerprint density at radius 1 is 1.15 bits per heavy atom. The number of hydrogen-bond donors (Lipinski definition) is 1. The standard InChI is InChI=1S/C18H29N3O4S2/c1-26(22,23)19-10-5-11-21(27(2,24)25)16-9-13-20-12-8-15-6-3-4-7-17(15)18(20)14-16/h3-4,6-7,16,18-19H,5,8-14H2,1-2H3/t16-,18+/m0/s1. The molecule has 2 heterocycles. The Hall–Kier alpha value is -1.00. The lowest BCUT2D eigenvalue weighted by Gasteiger charge is -2.45. The Balaban J connectivity index is 1.71. The molecule has 0 spiro atoms. The number of benzene rings is 1. The molecule has 0 aliphatic carbocycles. The summed E-state index contributed by atoms with van der Waals surface area (Å²) in [6, 6.07) is 8.65. The minimum absolute atomic E-state index is 0.0503. The number of nitrogens with zero attached hydrogens (tertiary/aromatic N) is 2. The van der Waals surface area contributed by atoms with Gasteiger partial charge in [-0.2, -0.15) is 4.31 Å². The highest BCUT2D eigenvalue weighted by Gasteiger charge is 2.37. The van der Waals surface area contributed by atoms with Crippen molar-refractivity contribution in [1.29, 1.82) is 0 Å². The summed E-state index contributed by atoms with van der Waals surface area (Å²) in [4.78, 5) is 2.46. The first-order valence-electron chi connectivity index (χ1n) is 9.38. The van der Waals surface area contributed by atoms with E-state index in [-0.39, 0.29) is 18.6 Å². The number of hydrogen-bond acceptors (Lipinski definition) is 5. The first-order valence-corrected chi connectivity index (χ1v) is 13.1. The maximum absolute atomic E-state index is 12.4. The zero-order valence-electron chi connectivity index (χ0n) is 16.0. The van der Waals surface area contributed by atoms with Gasteiger partial charge in [-0.05, 0) is 36.8 Å². The quantitative estimate of drug-likeness (QED) is 0.670. The average Bonchev–Trinajstić information content (AvgIpc) is 2.59. The van der Waals surface area contributed by atoms with Crippen molar-refractivity contribution in [2.24, 2.45) is 0 Å². The van der Waals surface area contributed by atoms with Crippen molar-refractivity contribution in [3.63, 3.8) is 0 Å². The normalized spacial score (nSPS) is 23.8. The first kappa shape index (κ1) is 20.7. The van der Waals surface area contributed by atoms with E-state index in [1.165, 1.54) is 17.4 Å². The van der Waals surface area contributed by atoms with Gasteiger partial charge in [0.05, 0.1) is 12.5 Å². The molecule has 0 amide bonds. The Morgan fingerprint density at radius 3 is 2.59 bits per heavy atom. The minimum atomic E-state index is -3.36. The van der Waals surface area contributed by atoms with E-state index in [1.807, 2.05) is 0 Å². The highest BCUT2D eigenvalue weighted by atomic mass is 32.2. The van der Waals surface area contributed by atoms with E-state index in [1.54, 1.807) is 4.31 Å². The van der Waals surface area contributed by atoms with Gasteiger partial charge in [0.1, 0.15) is 0 Å². The first-order chi connectivity index (χ1) is 12.6. The molecule has 0 aromatic heterocycles. The van der Waals surface area contributed by atoms with Crippen LogP contribution in [0.2, 0.25) is 0 Å². The second-order valence-corrected chi connectivity index (χ2v) is 11.3. The molecule has 0 unspecified atom stereocenters. The lowest BCUT2D eigenvalue weighted by Crippen LogP contribution is -2.50. The van der Waals surface area contributed by atoms with Crippen LogP contribution in [0.5, 0.6) is 0 Å². The predicted molar refractivity (Wildman–Crippen MR) is 106 cm³/mol. The van der Waals surface area contributed by atoms with Gasteiger partial charge < -0.3 is 0 Å². The summed E-state index contributed by atoms with van der Waals surface area (Å²) in [5.41, 5.74) is 2.68. The van der Waals surface area contributed by atoms with Crippen LogP contribution in [0, 0.1) is 0 Å². The summed E-state index contributed by atoms with van der Waals surface area (Å²) in [7, 11) is -6.61. The van der Waals surface area contributed by atoms with Crippen LogP contribution < -0.4 is 4.72 Å². The molecule has 0 bridgehead atoms. The van der Waals surface area contributed by atoms with Crippen LogP contribution >= 0.6 is 0 Å². The summed E-state index contributed by atoms with van der Waals surface area (Å²) in [6.07, 6.45) is 5.45. The minimum Gasteiger partial charge on any atom is -0.296 e. The molecule has 2 aliphatic heterocycles. The SMILES string of the molecule is CS(=O)(=O)NCCCN([C@H]1CCN2CCc3ccccc3[C@H]2C1)S(C)(=O)=O. The third-order valence-electron chi connectivity index (χ3n) is 5.52. The van der Waals surface area contributed by atoms with Crippen molar-refractivity contribution >= 4 is 20.0 Å². The van der Waals surface area contributed by atoms with Crippen molar-refractivity contribution in [2.45, 2.75) is 37.8 Å². The summed E-state index contributed by atoms with van der Waals surface area (Å²) in [5, 5.41) is 0. The maximum Gasteiger partial charge on any atom is 0.211 e. The van der Waals surface area contributed by atoms with Gasteiger partial charge in [-0.1, -0.05) is 24.3 Å². The molecule has 0 radical (unpaired) electrons. The van der Waals surface area contributed by atoms with Crippen molar-refractivity contribution in [3.05, 3.63) is 35.4 Å². The number of nitrogens with one attached hydrogen (secondary N) is 1. The molecule has 2 atom stereocenters. The van der Waals surface area contributed by atoms with E-state index >= 15 is 0 Å². The van der Waals surface area contributed by atoms with Crippen LogP contribution in [-0.4, -0.2) is 70.8 Å². The van der Waals surface area contributed by atoms with Crippen molar-refractivity contribution in [1.82, 2.24) is 13.9 Å². The van der Waals surface area contributed by atoms with Crippen LogP contribution in [0.3, 0.4) is 0 Å². The Labute approximate surface area is 162 Å².